The molecule has 4 aliphatic rings. The van der Waals surface area contributed by atoms with Gasteiger partial charge in [0.05, 0.1) is 37.9 Å². The average Bonchev–Trinajstić information content (AvgIpc) is 3.30. The summed E-state index contributed by atoms with van der Waals surface area (Å²) in [7, 11) is -3.54. The maximum Gasteiger partial charge on any atom is 0.341 e. The first-order valence-corrected chi connectivity index (χ1v) is 13.2. The van der Waals surface area contributed by atoms with Crippen LogP contribution in [0.1, 0.15) is 52.4 Å². The highest BCUT2D eigenvalue weighted by molar-refractivity contribution is 7.54. The van der Waals surface area contributed by atoms with E-state index in [4.69, 9.17) is 23.3 Å². The second-order valence-corrected chi connectivity index (χ2v) is 10.8. The van der Waals surface area contributed by atoms with E-state index in [-0.39, 0.29) is 37.6 Å². The van der Waals surface area contributed by atoms with Gasteiger partial charge in [0, 0.05) is 19.4 Å². The molecule has 0 aromatic carbocycles. The zero-order chi connectivity index (χ0) is 22.1. The lowest BCUT2D eigenvalue weighted by atomic mass is 9.62. The fourth-order valence-electron chi connectivity index (χ4n) is 6.23. The molecule has 0 bridgehead atoms. The van der Waals surface area contributed by atoms with E-state index in [0.29, 0.717) is 32.6 Å². The third kappa shape index (κ3) is 4.08. The molecule has 2 unspecified atom stereocenters. The zero-order valence-electron chi connectivity index (χ0n) is 18.5. The van der Waals surface area contributed by atoms with Crippen LogP contribution in [0.3, 0.4) is 0 Å². The molecule has 2 spiro atoms. The molecule has 0 aromatic rings. The van der Waals surface area contributed by atoms with Crippen LogP contribution >= 0.6 is 7.60 Å². The molecule has 31 heavy (non-hydrogen) atoms. The molecule has 3 heterocycles. The summed E-state index contributed by atoms with van der Waals surface area (Å²) in [5.74, 6) is -1.38. The van der Waals surface area contributed by atoms with Gasteiger partial charge in [-0.25, -0.2) is 0 Å². The lowest BCUT2D eigenvalue weighted by Crippen LogP contribution is -2.68. The highest BCUT2D eigenvalue weighted by Crippen LogP contribution is 2.57. The molecule has 1 aliphatic carbocycles. The second kappa shape index (κ2) is 9.10. The summed E-state index contributed by atoms with van der Waals surface area (Å²) in [6, 6.07) is 0. The molecule has 4 fully saturated rings. The Labute approximate surface area is 183 Å². The quantitative estimate of drug-likeness (QED) is 0.404. The van der Waals surface area contributed by atoms with Crippen molar-refractivity contribution < 1.29 is 37.4 Å². The van der Waals surface area contributed by atoms with Crippen LogP contribution in [0, 0.1) is 11.8 Å². The number of carbonyl (C=O) groups is 2. The van der Waals surface area contributed by atoms with E-state index in [2.05, 4.69) is 0 Å². The second-order valence-electron chi connectivity index (χ2n) is 8.78. The maximum absolute atomic E-state index is 12.9. The Morgan fingerprint density at radius 3 is 2.55 bits per heavy atom. The number of esters is 1. The molecule has 9 nitrogen and oxygen atoms in total. The van der Waals surface area contributed by atoms with Gasteiger partial charge in [0.25, 0.3) is 0 Å². The summed E-state index contributed by atoms with van der Waals surface area (Å²) < 4.78 is 41.1. The number of rotatable bonds is 8. The number of piperidine rings is 1. The topological polar surface area (TPSA) is 101 Å². The predicted octanol–water partition coefficient (Wildman–Crippen LogP) is 2.72. The first kappa shape index (κ1) is 23.2. The Hall–Kier alpha value is -0.990. The Morgan fingerprint density at radius 2 is 1.87 bits per heavy atom. The smallest absolute Gasteiger partial charge is 0.341 e. The van der Waals surface area contributed by atoms with E-state index < -0.39 is 31.1 Å². The van der Waals surface area contributed by atoms with Crippen molar-refractivity contribution in [3.63, 3.8) is 0 Å². The van der Waals surface area contributed by atoms with Gasteiger partial charge in [0.1, 0.15) is 12.8 Å². The molecular weight excluding hydrogens is 425 g/mol. The van der Waals surface area contributed by atoms with Crippen LogP contribution in [0.25, 0.3) is 0 Å². The van der Waals surface area contributed by atoms with Crippen LogP contribution in [-0.4, -0.2) is 73.8 Å². The van der Waals surface area contributed by atoms with Gasteiger partial charge in [-0.05, 0) is 32.6 Å². The first-order valence-electron chi connectivity index (χ1n) is 11.5. The summed E-state index contributed by atoms with van der Waals surface area (Å²) in [5.41, 5.74) is -0.415. The van der Waals surface area contributed by atoms with Gasteiger partial charge in [-0.1, -0.05) is 12.8 Å². The third-order valence-corrected chi connectivity index (χ3v) is 9.24. The highest BCUT2D eigenvalue weighted by Gasteiger charge is 2.67. The number of nitrogens with zero attached hydrogens (tertiary/aromatic N) is 1. The average molecular weight is 459 g/mol. The van der Waals surface area contributed by atoms with Crippen molar-refractivity contribution in [1.29, 1.82) is 0 Å². The summed E-state index contributed by atoms with van der Waals surface area (Å²) in [4.78, 5) is 27.5. The number of hydrogen-bond acceptors (Lipinski definition) is 8. The summed E-state index contributed by atoms with van der Waals surface area (Å²) in [6.07, 6.45) is 4.61. The molecule has 3 atom stereocenters. The van der Waals surface area contributed by atoms with Crippen molar-refractivity contribution in [2.24, 2.45) is 11.8 Å². The summed E-state index contributed by atoms with van der Waals surface area (Å²) >= 11 is 0. The molecule has 0 N–H and O–H groups in total. The Kier molecular flexibility index (Phi) is 6.80. The molecule has 1 amide bonds. The van der Waals surface area contributed by atoms with Gasteiger partial charge < -0.3 is 28.2 Å². The number of carbonyl (C=O) groups excluding carboxylic acids is 2. The van der Waals surface area contributed by atoms with Gasteiger partial charge in [0.15, 0.2) is 5.79 Å². The van der Waals surface area contributed by atoms with Crippen LogP contribution in [0.2, 0.25) is 0 Å². The van der Waals surface area contributed by atoms with Gasteiger partial charge in [-0.15, -0.1) is 0 Å². The Balaban J connectivity index is 1.55. The van der Waals surface area contributed by atoms with Crippen molar-refractivity contribution in [2.75, 3.05) is 45.7 Å². The minimum Gasteiger partial charge on any atom is -0.465 e. The normalized spacial score (nSPS) is 32.2. The SMILES string of the molecule is CCOP(=O)(CC(=O)OCC1C2(CCN3C(=O)C[C@@H]4CCCCC143)OCCO2)OCC. The van der Waals surface area contributed by atoms with Crippen molar-refractivity contribution in [1.82, 2.24) is 4.90 Å². The molecule has 3 saturated heterocycles. The Morgan fingerprint density at radius 1 is 1.16 bits per heavy atom. The summed E-state index contributed by atoms with van der Waals surface area (Å²) in [5, 5.41) is 0. The number of ether oxygens (including phenoxy) is 3. The van der Waals surface area contributed by atoms with Crippen LogP contribution in [0.15, 0.2) is 0 Å². The van der Waals surface area contributed by atoms with Gasteiger partial charge in [-0.3, -0.25) is 14.2 Å². The fraction of sp³-hybridized carbons (Fsp3) is 0.905. The molecule has 176 valence electrons. The van der Waals surface area contributed by atoms with Crippen molar-refractivity contribution in [3.8, 4) is 0 Å². The minimum atomic E-state index is -3.54. The monoisotopic (exact) mass is 459 g/mol. The van der Waals surface area contributed by atoms with E-state index in [9.17, 15) is 14.2 Å². The van der Waals surface area contributed by atoms with Crippen LogP contribution in [-0.2, 0) is 37.4 Å². The van der Waals surface area contributed by atoms with Crippen molar-refractivity contribution in [2.45, 2.75) is 63.7 Å². The number of amides is 1. The minimum absolute atomic E-state index is 0.0529. The highest BCUT2D eigenvalue weighted by atomic mass is 31.2. The first-order chi connectivity index (χ1) is 14.9. The molecule has 10 heteroatoms. The zero-order valence-corrected chi connectivity index (χ0v) is 19.4. The van der Waals surface area contributed by atoms with E-state index >= 15 is 0 Å². The lowest BCUT2D eigenvalue weighted by molar-refractivity contribution is -0.267. The van der Waals surface area contributed by atoms with E-state index in [1.165, 1.54) is 0 Å². The predicted molar refractivity (Wildman–Crippen MR) is 110 cm³/mol. The van der Waals surface area contributed by atoms with E-state index in [0.717, 1.165) is 25.7 Å². The van der Waals surface area contributed by atoms with Crippen LogP contribution in [0.4, 0.5) is 0 Å². The molecule has 0 aromatic heterocycles. The molecule has 3 aliphatic heterocycles. The van der Waals surface area contributed by atoms with Crippen LogP contribution in [0.5, 0.6) is 0 Å². The molecule has 0 radical (unpaired) electrons. The molecule has 4 rings (SSSR count). The van der Waals surface area contributed by atoms with Gasteiger partial charge in [-0.2, -0.15) is 0 Å². The van der Waals surface area contributed by atoms with Gasteiger partial charge >= 0.3 is 13.6 Å². The van der Waals surface area contributed by atoms with E-state index in [1.807, 2.05) is 4.90 Å². The third-order valence-electron chi connectivity index (χ3n) is 7.29. The van der Waals surface area contributed by atoms with Crippen molar-refractivity contribution >= 4 is 19.5 Å². The summed E-state index contributed by atoms with van der Waals surface area (Å²) in [6.45, 7) is 5.39. The Bertz CT molecular complexity index is 729. The van der Waals surface area contributed by atoms with Crippen LogP contribution < -0.4 is 0 Å². The standard InChI is InChI=1S/C21H34NO8P/c1-3-29-31(25,30-4-2)15-19(24)26-14-17-20-8-6-5-7-16(20)13-18(23)22(20)10-9-21(17)27-11-12-28-21/h16-17H,3-15H2,1-2H3/t16-,17?,20?/m0/s1. The van der Waals surface area contributed by atoms with Gasteiger partial charge in [0.2, 0.25) is 5.91 Å². The lowest BCUT2D eigenvalue weighted by Gasteiger charge is -2.58. The maximum atomic E-state index is 12.9. The molecular formula is C21H34NO8P. The molecule has 1 saturated carbocycles. The number of hydrogen-bond donors (Lipinski definition) is 0. The largest absolute Gasteiger partial charge is 0.465 e. The van der Waals surface area contributed by atoms with Crippen molar-refractivity contribution in [3.05, 3.63) is 0 Å². The fourth-order valence-corrected chi connectivity index (χ4v) is 7.68. The van der Waals surface area contributed by atoms with E-state index in [1.54, 1.807) is 13.8 Å².